The molecular formula is C36H38N2O3. The standard InChI is InChI=1S/C36H38N2O3/c1-21-22(2)31-30(35(40)38(36(31)41)19-4-3-6-27-17-18-37-34(27)39)20-28(21)14-10-23-9-11-26-13-12-24-7-5-8-25-15-16-29(23)33(26)32(24)25/h5,7-9,11-13,15-16,22,27,30-31H,3-4,6,10,14,17-20H2,1-2H3,(H,37,39)/t22-,27?,30+,31-/m0/s1. The Bertz CT molecular complexity index is 1700. The van der Waals surface area contributed by atoms with Crippen molar-refractivity contribution in [3.05, 3.63) is 71.3 Å². The first-order valence-electron chi connectivity index (χ1n) is 15.4. The zero-order chi connectivity index (χ0) is 28.2. The summed E-state index contributed by atoms with van der Waals surface area (Å²) in [6.45, 7) is 5.55. The Hall–Kier alpha value is -3.73. The Morgan fingerprint density at radius 3 is 2.34 bits per heavy atom. The van der Waals surface area contributed by atoms with Crippen molar-refractivity contribution in [1.29, 1.82) is 0 Å². The fraction of sp³-hybridized carbons (Fsp3) is 0.417. The number of likely N-dealkylation sites (tertiary alicyclic amines) is 1. The van der Waals surface area contributed by atoms with E-state index in [9.17, 15) is 14.4 Å². The summed E-state index contributed by atoms with van der Waals surface area (Å²) in [7, 11) is 0. The predicted octanol–water partition coefficient (Wildman–Crippen LogP) is 6.78. The van der Waals surface area contributed by atoms with Crippen LogP contribution in [0, 0.1) is 23.7 Å². The number of aryl methyl sites for hydroxylation is 1. The van der Waals surface area contributed by atoms with Crippen molar-refractivity contribution in [2.45, 2.75) is 58.8 Å². The van der Waals surface area contributed by atoms with Crippen LogP contribution in [-0.2, 0) is 20.8 Å². The number of nitrogens with zero attached hydrogens (tertiary/aromatic N) is 1. The average Bonchev–Trinajstić information content (AvgIpc) is 3.50. The zero-order valence-corrected chi connectivity index (χ0v) is 24.0. The molecule has 4 aromatic carbocycles. The third-order valence-corrected chi connectivity index (χ3v) is 10.5. The molecule has 0 radical (unpaired) electrons. The van der Waals surface area contributed by atoms with E-state index in [-0.39, 0.29) is 41.4 Å². The van der Waals surface area contributed by atoms with E-state index in [4.69, 9.17) is 0 Å². The molecule has 0 saturated carbocycles. The zero-order valence-electron chi connectivity index (χ0n) is 24.0. The molecule has 0 bridgehead atoms. The van der Waals surface area contributed by atoms with Gasteiger partial charge in [-0.1, -0.05) is 79.1 Å². The van der Waals surface area contributed by atoms with Gasteiger partial charge < -0.3 is 5.32 Å². The maximum Gasteiger partial charge on any atom is 0.233 e. The van der Waals surface area contributed by atoms with Gasteiger partial charge in [0.1, 0.15) is 0 Å². The highest BCUT2D eigenvalue weighted by atomic mass is 16.2. The molecule has 4 aromatic rings. The lowest BCUT2D eigenvalue weighted by Crippen LogP contribution is -2.33. The van der Waals surface area contributed by atoms with E-state index in [0.29, 0.717) is 13.0 Å². The van der Waals surface area contributed by atoms with Crippen LogP contribution in [0.1, 0.15) is 57.9 Å². The van der Waals surface area contributed by atoms with E-state index >= 15 is 0 Å². The highest BCUT2D eigenvalue weighted by Crippen LogP contribution is 2.46. The maximum absolute atomic E-state index is 13.5. The van der Waals surface area contributed by atoms with Crippen LogP contribution in [0.5, 0.6) is 0 Å². The molecule has 2 saturated heterocycles. The number of allylic oxidation sites excluding steroid dienone is 2. The molecule has 5 heteroatoms. The van der Waals surface area contributed by atoms with Gasteiger partial charge in [-0.2, -0.15) is 0 Å². The van der Waals surface area contributed by atoms with Crippen LogP contribution in [-0.4, -0.2) is 35.7 Å². The lowest BCUT2D eigenvalue weighted by atomic mass is 9.70. The summed E-state index contributed by atoms with van der Waals surface area (Å²) < 4.78 is 0. The molecule has 3 aliphatic rings. The van der Waals surface area contributed by atoms with Gasteiger partial charge in [-0.3, -0.25) is 19.3 Å². The van der Waals surface area contributed by atoms with E-state index in [1.165, 1.54) is 53.9 Å². The van der Waals surface area contributed by atoms with Crippen molar-refractivity contribution < 1.29 is 14.4 Å². The van der Waals surface area contributed by atoms with Crippen molar-refractivity contribution in [1.82, 2.24) is 10.2 Å². The minimum Gasteiger partial charge on any atom is -0.356 e. The normalized spacial score (nSPS) is 24.8. The van der Waals surface area contributed by atoms with Gasteiger partial charge >= 0.3 is 0 Å². The molecule has 3 amide bonds. The first-order valence-corrected chi connectivity index (χ1v) is 15.4. The summed E-state index contributed by atoms with van der Waals surface area (Å²) in [5, 5.41) is 10.7. The Balaban J connectivity index is 1.06. The molecule has 1 aliphatic carbocycles. The number of hydrogen-bond donors (Lipinski definition) is 1. The Morgan fingerprint density at radius 1 is 0.854 bits per heavy atom. The summed E-state index contributed by atoms with van der Waals surface area (Å²) in [4.78, 5) is 40.3. The second-order valence-corrected chi connectivity index (χ2v) is 12.6. The number of hydrogen-bond acceptors (Lipinski definition) is 3. The lowest BCUT2D eigenvalue weighted by Gasteiger charge is -2.31. The summed E-state index contributed by atoms with van der Waals surface area (Å²) in [5.74, 6) is -0.137. The molecule has 0 aromatic heterocycles. The molecule has 4 atom stereocenters. The van der Waals surface area contributed by atoms with Crippen molar-refractivity contribution in [2.75, 3.05) is 13.1 Å². The van der Waals surface area contributed by atoms with Gasteiger partial charge in [-0.25, -0.2) is 0 Å². The summed E-state index contributed by atoms with van der Waals surface area (Å²) in [6.07, 6.45) is 5.88. The number of carbonyl (C=O) groups excluding carboxylic acids is 3. The molecule has 2 fully saturated rings. The topological polar surface area (TPSA) is 66.5 Å². The predicted molar refractivity (Wildman–Crippen MR) is 164 cm³/mol. The van der Waals surface area contributed by atoms with Gasteiger partial charge in [0.15, 0.2) is 0 Å². The van der Waals surface area contributed by atoms with Crippen LogP contribution in [0.2, 0.25) is 0 Å². The first kappa shape index (κ1) is 26.2. The highest BCUT2D eigenvalue weighted by molar-refractivity contribution is 6.23. The molecular weight excluding hydrogens is 508 g/mol. The van der Waals surface area contributed by atoms with E-state index in [0.717, 1.165) is 45.1 Å². The van der Waals surface area contributed by atoms with Gasteiger partial charge in [-0.05, 0) is 89.2 Å². The third kappa shape index (κ3) is 4.32. The number of fused-ring (bicyclic) bond motifs is 1. The summed E-state index contributed by atoms with van der Waals surface area (Å²) in [6, 6.07) is 20.0. The molecule has 210 valence electrons. The van der Waals surface area contributed by atoms with Gasteiger partial charge in [0.25, 0.3) is 0 Å². The molecule has 1 N–H and O–H groups in total. The van der Waals surface area contributed by atoms with Gasteiger partial charge in [0, 0.05) is 19.0 Å². The van der Waals surface area contributed by atoms with Crippen LogP contribution in [0.4, 0.5) is 0 Å². The van der Waals surface area contributed by atoms with Crippen LogP contribution in [0.3, 0.4) is 0 Å². The van der Waals surface area contributed by atoms with Crippen LogP contribution in [0.25, 0.3) is 32.3 Å². The van der Waals surface area contributed by atoms with Crippen LogP contribution in [0.15, 0.2) is 65.7 Å². The van der Waals surface area contributed by atoms with Crippen molar-refractivity contribution in [2.24, 2.45) is 23.7 Å². The summed E-state index contributed by atoms with van der Waals surface area (Å²) >= 11 is 0. The van der Waals surface area contributed by atoms with Crippen molar-refractivity contribution in [3.63, 3.8) is 0 Å². The quantitative estimate of drug-likeness (QED) is 0.115. The number of amides is 3. The molecule has 7 rings (SSSR count). The van der Waals surface area contributed by atoms with E-state index in [1.807, 2.05) is 0 Å². The smallest absolute Gasteiger partial charge is 0.233 e. The van der Waals surface area contributed by atoms with Crippen molar-refractivity contribution >= 4 is 50.0 Å². The number of carbonyl (C=O) groups is 3. The molecule has 2 heterocycles. The second-order valence-electron chi connectivity index (χ2n) is 12.6. The Morgan fingerprint density at radius 2 is 1.59 bits per heavy atom. The molecule has 5 nitrogen and oxygen atoms in total. The lowest BCUT2D eigenvalue weighted by molar-refractivity contribution is -0.140. The number of nitrogens with one attached hydrogen (secondary N) is 1. The van der Waals surface area contributed by atoms with E-state index in [2.05, 4.69) is 73.8 Å². The average molecular weight is 547 g/mol. The number of imide groups is 1. The van der Waals surface area contributed by atoms with E-state index < -0.39 is 0 Å². The minimum atomic E-state index is -0.238. The summed E-state index contributed by atoms with van der Waals surface area (Å²) in [5.41, 5.74) is 3.98. The third-order valence-electron chi connectivity index (χ3n) is 10.5. The minimum absolute atomic E-state index is 0.0104. The largest absolute Gasteiger partial charge is 0.356 e. The maximum atomic E-state index is 13.5. The number of unbranched alkanes of at least 4 members (excludes halogenated alkanes) is 1. The number of benzene rings is 4. The highest BCUT2D eigenvalue weighted by Gasteiger charge is 2.51. The molecule has 0 spiro atoms. The number of rotatable bonds is 8. The fourth-order valence-electron chi connectivity index (χ4n) is 8.01. The Labute approximate surface area is 241 Å². The van der Waals surface area contributed by atoms with Gasteiger partial charge in [0.05, 0.1) is 11.8 Å². The second kappa shape index (κ2) is 10.3. The van der Waals surface area contributed by atoms with E-state index in [1.54, 1.807) is 0 Å². The first-order chi connectivity index (χ1) is 19.9. The SMILES string of the molecule is CC1=C(CCc2ccc3ccc4cccc5ccc2c3c45)C[C@H]2C(=O)N(CCCCC3CCNC3=O)C(=O)[C@H]2[C@H]1C. The van der Waals surface area contributed by atoms with Gasteiger partial charge in [0.2, 0.25) is 17.7 Å². The fourth-order valence-corrected chi connectivity index (χ4v) is 8.01. The molecule has 2 aliphatic heterocycles. The Kier molecular flexibility index (Phi) is 6.56. The van der Waals surface area contributed by atoms with Crippen molar-refractivity contribution in [3.8, 4) is 0 Å². The van der Waals surface area contributed by atoms with Crippen LogP contribution < -0.4 is 5.32 Å². The van der Waals surface area contributed by atoms with Crippen LogP contribution >= 0.6 is 0 Å². The molecule has 1 unspecified atom stereocenters. The molecule has 41 heavy (non-hydrogen) atoms. The van der Waals surface area contributed by atoms with Gasteiger partial charge in [-0.15, -0.1) is 0 Å². The monoisotopic (exact) mass is 546 g/mol.